The van der Waals surface area contributed by atoms with E-state index in [2.05, 4.69) is 4.74 Å². The first-order valence-corrected chi connectivity index (χ1v) is 6.40. The van der Waals surface area contributed by atoms with Crippen LogP contribution in [0.15, 0.2) is 18.2 Å². The smallest absolute Gasteiger partial charge is 0.413 e. The molecule has 0 bridgehead atoms. The number of guanidine groups is 1. The van der Waals surface area contributed by atoms with Crippen LogP contribution in [0.4, 0.5) is 4.79 Å². The Balaban J connectivity index is 2.59. The molecule has 114 valence electrons. The molecular weight excluding hydrogens is 317 g/mol. The Hall–Kier alpha value is -1.79. The molecule has 0 heterocycles. The molecule has 0 saturated heterocycles. The molecule has 1 aromatic carbocycles. The first-order valence-electron chi connectivity index (χ1n) is 7.65. The van der Waals surface area contributed by atoms with Gasteiger partial charge in [-0.2, -0.15) is 0 Å². The largest absolute Gasteiger partial charge is 0.449 e. The molecule has 2 amide bonds. The normalized spacial score (nSPS) is 14.0. The molecule has 0 aliphatic rings. The maximum atomic E-state index is 11.9. The topological polar surface area (TPSA) is 91.3 Å². The second kappa shape index (κ2) is 8.49. The molecule has 8 heteroatoms. The van der Waals surface area contributed by atoms with Crippen LogP contribution < -0.4 is 10.6 Å². The fourth-order valence-corrected chi connectivity index (χ4v) is 1.83. The summed E-state index contributed by atoms with van der Waals surface area (Å²) in [6.45, 7) is -2.03. The Labute approximate surface area is 137 Å². The van der Waals surface area contributed by atoms with E-state index in [0.717, 1.165) is 6.92 Å². The Morgan fingerprint density at radius 1 is 1.33 bits per heavy atom. The predicted octanol–water partition coefficient (Wildman–Crippen LogP) is 2.72. The molecule has 0 atom stereocenters. The third-order valence-electron chi connectivity index (χ3n) is 2.14. The minimum absolute atomic E-state index is 0.254. The predicted molar refractivity (Wildman–Crippen MR) is 80.8 cm³/mol. The standard InChI is InChI=1S/C13H15Cl2N3O3/c1-2-6-21-13(20)18-12(16)17-11(19)7-8-9(14)4-3-5-10(8)15/h3-5H,2,6-7H2,1H3,(H3,16,17,18,19,20)/i2D2,6D2. The number of benzene rings is 1. The summed E-state index contributed by atoms with van der Waals surface area (Å²) in [7, 11) is 0. The molecule has 21 heavy (non-hydrogen) atoms. The van der Waals surface area contributed by atoms with Gasteiger partial charge in [-0.3, -0.25) is 20.8 Å². The Bertz CT molecular complexity index is 675. The van der Waals surface area contributed by atoms with E-state index in [4.69, 9.17) is 34.1 Å². The number of carbonyl (C=O) groups is 2. The van der Waals surface area contributed by atoms with Gasteiger partial charge in [-0.15, -0.1) is 0 Å². The van der Waals surface area contributed by atoms with Crippen molar-refractivity contribution in [3.05, 3.63) is 33.8 Å². The van der Waals surface area contributed by atoms with Crippen molar-refractivity contribution in [2.45, 2.75) is 19.7 Å². The van der Waals surface area contributed by atoms with E-state index in [1.165, 1.54) is 12.1 Å². The van der Waals surface area contributed by atoms with Gasteiger partial charge >= 0.3 is 6.09 Å². The maximum Gasteiger partial charge on any atom is 0.413 e. The first kappa shape index (κ1) is 11.8. The highest BCUT2D eigenvalue weighted by Gasteiger charge is 2.13. The summed E-state index contributed by atoms with van der Waals surface area (Å²) >= 11 is 11.8. The van der Waals surface area contributed by atoms with Crippen molar-refractivity contribution in [1.82, 2.24) is 10.6 Å². The molecule has 1 rings (SSSR count). The van der Waals surface area contributed by atoms with E-state index < -0.39 is 30.9 Å². The second-order valence-corrected chi connectivity index (χ2v) is 4.48. The van der Waals surface area contributed by atoms with Crippen molar-refractivity contribution in [2.24, 2.45) is 0 Å². The molecule has 0 fully saturated rings. The molecule has 0 aromatic heterocycles. The zero-order valence-corrected chi connectivity index (χ0v) is 12.4. The number of hydrogen-bond donors (Lipinski definition) is 3. The van der Waals surface area contributed by atoms with E-state index in [-0.39, 0.29) is 16.5 Å². The number of hydrogen-bond acceptors (Lipinski definition) is 4. The zero-order valence-electron chi connectivity index (χ0n) is 14.9. The van der Waals surface area contributed by atoms with E-state index in [1.807, 2.05) is 5.32 Å². The Kier molecular flexibility index (Phi) is 4.78. The third-order valence-corrected chi connectivity index (χ3v) is 2.84. The summed E-state index contributed by atoms with van der Waals surface area (Å²) in [5.41, 5.74) is 0.342. The number of rotatable bonds is 4. The van der Waals surface area contributed by atoms with E-state index in [9.17, 15) is 9.59 Å². The van der Waals surface area contributed by atoms with Crippen LogP contribution in [0, 0.1) is 5.41 Å². The quantitative estimate of drug-likeness (QED) is 0.583. The Morgan fingerprint density at radius 2 is 1.95 bits per heavy atom. The molecular formula is C13H15Cl2N3O3. The number of nitrogens with one attached hydrogen (secondary N) is 3. The van der Waals surface area contributed by atoms with Crippen LogP contribution in [0.2, 0.25) is 10.0 Å². The lowest BCUT2D eigenvalue weighted by molar-refractivity contribution is -0.119. The van der Waals surface area contributed by atoms with Gasteiger partial charge in [0.05, 0.1) is 15.7 Å². The maximum absolute atomic E-state index is 11.9. The fraction of sp³-hybridized carbons (Fsp3) is 0.308. The fourth-order valence-electron chi connectivity index (χ4n) is 1.30. The van der Waals surface area contributed by atoms with Crippen LogP contribution in [0.1, 0.15) is 24.3 Å². The highest BCUT2D eigenvalue weighted by Crippen LogP contribution is 2.24. The van der Waals surface area contributed by atoms with Crippen molar-refractivity contribution in [3.8, 4) is 0 Å². The summed E-state index contributed by atoms with van der Waals surface area (Å²) in [6, 6.07) is 4.68. The monoisotopic (exact) mass is 335 g/mol. The molecule has 0 unspecified atom stereocenters. The highest BCUT2D eigenvalue weighted by molar-refractivity contribution is 6.36. The zero-order chi connectivity index (χ0) is 19.4. The van der Waals surface area contributed by atoms with Crippen molar-refractivity contribution in [3.63, 3.8) is 0 Å². The third kappa shape index (κ3) is 6.01. The van der Waals surface area contributed by atoms with Crippen molar-refractivity contribution in [1.29, 1.82) is 5.41 Å². The van der Waals surface area contributed by atoms with Gasteiger partial charge in [-0.1, -0.05) is 36.2 Å². The first-order chi connectivity index (χ1) is 11.3. The summed E-state index contributed by atoms with van der Waals surface area (Å²) in [4.78, 5) is 23.3. The van der Waals surface area contributed by atoms with Gasteiger partial charge in [0.1, 0.15) is 0 Å². The summed E-state index contributed by atoms with van der Waals surface area (Å²) in [5, 5.41) is 11.8. The summed E-state index contributed by atoms with van der Waals surface area (Å²) in [5.74, 6) is -1.47. The minimum atomic E-state index is -2.92. The molecule has 0 aliphatic carbocycles. The van der Waals surface area contributed by atoms with Gasteiger partial charge in [-0.25, -0.2) is 4.79 Å². The highest BCUT2D eigenvalue weighted by atomic mass is 35.5. The van der Waals surface area contributed by atoms with Crippen LogP contribution in [-0.4, -0.2) is 24.5 Å². The van der Waals surface area contributed by atoms with Gasteiger partial charge < -0.3 is 4.74 Å². The van der Waals surface area contributed by atoms with Gasteiger partial charge in [0.25, 0.3) is 0 Å². The average molecular weight is 336 g/mol. The van der Waals surface area contributed by atoms with E-state index >= 15 is 0 Å². The van der Waals surface area contributed by atoms with E-state index in [1.54, 1.807) is 11.4 Å². The van der Waals surface area contributed by atoms with Crippen LogP contribution in [0.3, 0.4) is 0 Å². The summed E-state index contributed by atoms with van der Waals surface area (Å²) < 4.78 is 33.4. The van der Waals surface area contributed by atoms with Crippen molar-refractivity contribution >= 4 is 41.2 Å². The molecule has 0 radical (unpaired) electrons. The van der Waals surface area contributed by atoms with Gasteiger partial charge in [0.2, 0.25) is 11.9 Å². The lowest BCUT2D eigenvalue weighted by atomic mass is 10.1. The molecule has 0 spiro atoms. The van der Waals surface area contributed by atoms with Crippen molar-refractivity contribution < 1.29 is 19.8 Å². The van der Waals surface area contributed by atoms with Gasteiger partial charge in [0.15, 0.2) is 0 Å². The van der Waals surface area contributed by atoms with Crippen LogP contribution in [-0.2, 0) is 16.0 Å². The minimum Gasteiger partial charge on any atom is -0.449 e. The van der Waals surface area contributed by atoms with Crippen LogP contribution in [0.5, 0.6) is 0 Å². The molecule has 1 aromatic rings. The van der Waals surface area contributed by atoms with Crippen LogP contribution >= 0.6 is 23.2 Å². The number of amides is 2. The number of alkyl carbamates (subject to hydrolysis) is 1. The SMILES string of the molecule is [2H]C([2H])(C)C([2H])([2H])OC(=O)NC(=N)NC(=O)Cc1c(Cl)cccc1Cl. The van der Waals surface area contributed by atoms with Gasteiger partial charge in [0, 0.05) is 12.8 Å². The molecule has 3 N–H and O–H groups in total. The van der Waals surface area contributed by atoms with Crippen molar-refractivity contribution in [2.75, 3.05) is 6.56 Å². The van der Waals surface area contributed by atoms with Crippen LogP contribution in [0.25, 0.3) is 0 Å². The lowest BCUT2D eigenvalue weighted by Crippen LogP contribution is -2.43. The molecule has 0 saturated carbocycles. The van der Waals surface area contributed by atoms with Gasteiger partial charge in [-0.05, 0) is 24.1 Å². The molecule has 0 aliphatic heterocycles. The lowest BCUT2D eigenvalue weighted by Gasteiger charge is -2.10. The Morgan fingerprint density at radius 3 is 2.52 bits per heavy atom. The summed E-state index contributed by atoms with van der Waals surface area (Å²) in [6.07, 6.45) is -4.15. The second-order valence-electron chi connectivity index (χ2n) is 3.67. The average Bonchev–Trinajstić information content (AvgIpc) is 2.40. The molecule has 6 nitrogen and oxygen atoms in total. The number of ether oxygens (including phenoxy) is 1. The number of carbonyl (C=O) groups excluding carboxylic acids is 2. The van der Waals surface area contributed by atoms with E-state index in [0.29, 0.717) is 5.56 Å². The number of halogens is 2.